The predicted molar refractivity (Wildman–Crippen MR) is 87.8 cm³/mol. The van der Waals surface area contributed by atoms with Crippen LogP contribution in [0.2, 0.25) is 0 Å². The number of aromatic nitrogens is 2. The van der Waals surface area contributed by atoms with Gasteiger partial charge in [0.2, 0.25) is 0 Å². The predicted octanol–water partition coefficient (Wildman–Crippen LogP) is 2.08. The third-order valence-corrected chi connectivity index (χ3v) is 2.78. The molecule has 0 unspecified atom stereocenters. The molecule has 2 rings (SSSR count). The van der Waals surface area contributed by atoms with Crippen LogP contribution >= 0.6 is 0 Å². The zero-order chi connectivity index (χ0) is 15.1. The fourth-order valence-electron chi connectivity index (χ4n) is 1.75. The van der Waals surface area contributed by atoms with Crippen LogP contribution in [0, 0.1) is 0 Å². The number of rotatable bonds is 6. The van der Waals surface area contributed by atoms with Crippen LogP contribution in [-0.2, 0) is 7.05 Å². The Hall–Kier alpha value is -2.89. The highest BCUT2D eigenvalue weighted by molar-refractivity contribution is 6.08. The van der Waals surface area contributed by atoms with Gasteiger partial charge in [0, 0.05) is 25.1 Å². The summed E-state index contributed by atoms with van der Waals surface area (Å²) in [6.07, 6.45) is 7.06. The van der Waals surface area contributed by atoms with Gasteiger partial charge in [-0.2, -0.15) is 5.10 Å². The number of allylic oxidation sites excluding steroid dienone is 1. The average molecular weight is 282 g/mol. The Labute approximate surface area is 123 Å². The van der Waals surface area contributed by atoms with Gasteiger partial charge in [0.1, 0.15) is 6.67 Å². The molecule has 1 aromatic carbocycles. The zero-order valence-electron chi connectivity index (χ0n) is 11.9. The smallest absolute Gasteiger partial charge is 0.108 e. The zero-order valence-corrected chi connectivity index (χ0v) is 11.9. The van der Waals surface area contributed by atoms with E-state index in [9.17, 15) is 0 Å². The van der Waals surface area contributed by atoms with Crippen molar-refractivity contribution in [3.63, 3.8) is 0 Å². The minimum Gasteiger partial charge on any atom is -0.399 e. The number of anilines is 2. The number of hydrogen-bond acceptors (Lipinski definition) is 5. The SMILES string of the molecule is C=N/C=C\C(=NCNc1cnn(C)c1)c1ccc(N)cc1. The van der Waals surface area contributed by atoms with Gasteiger partial charge in [-0.25, -0.2) is 0 Å². The van der Waals surface area contributed by atoms with Crippen LogP contribution in [0.3, 0.4) is 0 Å². The van der Waals surface area contributed by atoms with E-state index in [0.717, 1.165) is 22.6 Å². The summed E-state index contributed by atoms with van der Waals surface area (Å²) in [6.45, 7) is 3.87. The molecule has 1 heterocycles. The summed E-state index contributed by atoms with van der Waals surface area (Å²) in [5.41, 5.74) is 9.11. The molecule has 108 valence electrons. The van der Waals surface area contributed by atoms with Crippen molar-refractivity contribution in [3.8, 4) is 0 Å². The van der Waals surface area contributed by atoms with Crippen molar-refractivity contribution in [2.45, 2.75) is 0 Å². The number of hydrogen-bond donors (Lipinski definition) is 2. The normalized spacial score (nSPS) is 11.8. The van der Waals surface area contributed by atoms with Crippen molar-refractivity contribution in [1.82, 2.24) is 9.78 Å². The lowest BCUT2D eigenvalue weighted by atomic mass is 10.1. The molecule has 3 N–H and O–H groups in total. The van der Waals surface area contributed by atoms with Crippen LogP contribution in [0.4, 0.5) is 11.4 Å². The van der Waals surface area contributed by atoms with Gasteiger partial charge in [-0.3, -0.25) is 14.7 Å². The van der Waals surface area contributed by atoms with Crippen molar-refractivity contribution in [3.05, 3.63) is 54.5 Å². The molecule has 0 radical (unpaired) electrons. The Kier molecular flexibility index (Phi) is 4.87. The van der Waals surface area contributed by atoms with Crippen LogP contribution in [0.25, 0.3) is 0 Å². The highest BCUT2D eigenvalue weighted by Gasteiger charge is 2.00. The molecule has 0 fully saturated rings. The molecular formula is C15H18N6. The molecule has 0 aliphatic rings. The van der Waals surface area contributed by atoms with E-state index in [1.165, 1.54) is 0 Å². The Morgan fingerprint density at radius 3 is 2.81 bits per heavy atom. The Bertz CT molecular complexity index is 651. The van der Waals surface area contributed by atoms with Crippen LogP contribution in [-0.4, -0.2) is 28.9 Å². The molecule has 0 aliphatic heterocycles. The van der Waals surface area contributed by atoms with E-state index >= 15 is 0 Å². The molecule has 2 aromatic rings. The van der Waals surface area contributed by atoms with Gasteiger partial charge in [0.25, 0.3) is 0 Å². The van der Waals surface area contributed by atoms with Crippen molar-refractivity contribution in [1.29, 1.82) is 0 Å². The van der Waals surface area contributed by atoms with Crippen LogP contribution < -0.4 is 11.1 Å². The first-order chi connectivity index (χ1) is 10.2. The highest BCUT2D eigenvalue weighted by atomic mass is 15.3. The summed E-state index contributed by atoms with van der Waals surface area (Å²) in [5, 5.41) is 7.26. The van der Waals surface area contributed by atoms with E-state index in [4.69, 9.17) is 5.73 Å². The summed E-state index contributed by atoms with van der Waals surface area (Å²) >= 11 is 0. The molecule has 6 nitrogen and oxygen atoms in total. The van der Waals surface area contributed by atoms with E-state index in [1.54, 1.807) is 17.1 Å². The van der Waals surface area contributed by atoms with Crippen molar-refractivity contribution < 1.29 is 0 Å². The van der Waals surface area contributed by atoms with Gasteiger partial charge in [-0.15, -0.1) is 0 Å². The van der Waals surface area contributed by atoms with Gasteiger partial charge in [-0.1, -0.05) is 12.1 Å². The third-order valence-electron chi connectivity index (χ3n) is 2.78. The summed E-state index contributed by atoms with van der Waals surface area (Å²) < 4.78 is 1.73. The maximum Gasteiger partial charge on any atom is 0.108 e. The molecular weight excluding hydrogens is 264 g/mol. The highest BCUT2D eigenvalue weighted by Crippen LogP contribution is 2.09. The van der Waals surface area contributed by atoms with E-state index < -0.39 is 0 Å². The number of aliphatic imine (C=N–C) groups is 2. The van der Waals surface area contributed by atoms with Crippen molar-refractivity contribution in [2.75, 3.05) is 17.7 Å². The first kappa shape index (κ1) is 14.5. The topological polar surface area (TPSA) is 80.6 Å². The minimum absolute atomic E-state index is 0.437. The summed E-state index contributed by atoms with van der Waals surface area (Å²) in [4.78, 5) is 8.24. The lowest BCUT2D eigenvalue weighted by Gasteiger charge is -2.04. The van der Waals surface area contributed by atoms with E-state index in [0.29, 0.717) is 6.67 Å². The largest absolute Gasteiger partial charge is 0.399 e. The van der Waals surface area contributed by atoms with E-state index in [2.05, 4.69) is 27.1 Å². The lowest BCUT2D eigenvalue weighted by molar-refractivity contribution is 0.768. The molecule has 0 atom stereocenters. The fraction of sp³-hybridized carbons (Fsp3) is 0.133. The van der Waals surface area contributed by atoms with Crippen molar-refractivity contribution >= 4 is 23.8 Å². The number of nitrogens with one attached hydrogen (secondary N) is 1. The maximum absolute atomic E-state index is 5.70. The standard InChI is InChI=1S/C15H18N6/c1-17-8-7-15(12-3-5-13(16)6-4-12)19-11-18-14-9-20-21(2)10-14/h3-10,18H,1,11,16H2,2H3/b8-7-,19-15?. The summed E-state index contributed by atoms with van der Waals surface area (Å²) in [6, 6.07) is 7.53. The van der Waals surface area contributed by atoms with Crippen LogP contribution in [0.5, 0.6) is 0 Å². The average Bonchev–Trinajstić information content (AvgIpc) is 2.89. The molecule has 1 aromatic heterocycles. The molecule has 21 heavy (non-hydrogen) atoms. The summed E-state index contributed by atoms with van der Waals surface area (Å²) in [5.74, 6) is 0. The Morgan fingerprint density at radius 1 is 1.43 bits per heavy atom. The molecule has 0 saturated heterocycles. The Morgan fingerprint density at radius 2 is 2.19 bits per heavy atom. The number of nitrogens with zero attached hydrogens (tertiary/aromatic N) is 4. The first-order valence-corrected chi connectivity index (χ1v) is 6.44. The minimum atomic E-state index is 0.437. The fourth-order valence-corrected chi connectivity index (χ4v) is 1.75. The third kappa shape index (κ3) is 4.31. The van der Waals surface area contributed by atoms with Crippen LogP contribution in [0.15, 0.2) is 58.9 Å². The summed E-state index contributed by atoms with van der Waals surface area (Å²) in [7, 11) is 1.87. The van der Waals surface area contributed by atoms with Gasteiger partial charge < -0.3 is 11.1 Å². The van der Waals surface area contributed by atoms with Gasteiger partial charge in [0.05, 0.1) is 17.6 Å². The second-order valence-corrected chi connectivity index (χ2v) is 4.40. The quantitative estimate of drug-likeness (QED) is 0.628. The monoisotopic (exact) mass is 282 g/mol. The van der Waals surface area contributed by atoms with Crippen LogP contribution in [0.1, 0.15) is 5.56 Å². The van der Waals surface area contributed by atoms with E-state index in [-0.39, 0.29) is 0 Å². The molecule has 0 spiro atoms. The first-order valence-electron chi connectivity index (χ1n) is 6.44. The number of nitrogen functional groups attached to an aromatic ring is 1. The molecule has 0 bridgehead atoms. The number of nitrogens with two attached hydrogens (primary N) is 1. The second kappa shape index (κ2) is 7.04. The number of aryl methyl sites for hydroxylation is 1. The molecule has 0 amide bonds. The Balaban J connectivity index is 2.11. The van der Waals surface area contributed by atoms with E-state index in [1.807, 2.05) is 43.6 Å². The maximum atomic E-state index is 5.70. The van der Waals surface area contributed by atoms with Gasteiger partial charge >= 0.3 is 0 Å². The van der Waals surface area contributed by atoms with Crippen molar-refractivity contribution in [2.24, 2.45) is 17.0 Å². The second-order valence-electron chi connectivity index (χ2n) is 4.40. The molecule has 0 saturated carbocycles. The van der Waals surface area contributed by atoms with Gasteiger partial charge in [0.15, 0.2) is 0 Å². The lowest BCUT2D eigenvalue weighted by Crippen LogP contribution is -2.04. The molecule has 6 heteroatoms. The van der Waals surface area contributed by atoms with Gasteiger partial charge in [-0.05, 0) is 30.5 Å². The number of benzene rings is 1. The molecule has 0 aliphatic carbocycles.